The maximum atomic E-state index is 13.3. The van der Waals surface area contributed by atoms with Crippen molar-refractivity contribution in [3.63, 3.8) is 0 Å². The van der Waals surface area contributed by atoms with Crippen molar-refractivity contribution in [1.82, 2.24) is 15.6 Å². The quantitative estimate of drug-likeness (QED) is 0.808. The Kier molecular flexibility index (Phi) is 4.17. The van der Waals surface area contributed by atoms with Crippen LogP contribution in [0.1, 0.15) is 30.1 Å². The Balaban J connectivity index is 1.84. The molecule has 0 unspecified atom stereocenters. The highest BCUT2D eigenvalue weighted by molar-refractivity contribution is 6.05. The maximum Gasteiger partial charge on any atom is 0.252 e. The third-order valence-electron chi connectivity index (χ3n) is 4.54. The molecule has 1 aromatic heterocycles. The molecule has 1 aliphatic heterocycles. The molecule has 122 valence electrons. The van der Waals surface area contributed by atoms with Gasteiger partial charge in [-0.1, -0.05) is 6.92 Å². The van der Waals surface area contributed by atoms with Gasteiger partial charge in [0.2, 0.25) is 5.56 Å². The van der Waals surface area contributed by atoms with Gasteiger partial charge in [-0.05, 0) is 49.5 Å². The fourth-order valence-corrected chi connectivity index (χ4v) is 3.02. The number of rotatable bonds is 3. The van der Waals surface area contributed by atoms with E-state index in [4.69, 9.17) is 0 Å². The lowest BCUT2D eigenvalue weighted by atomic mass is 9.81. The van der Waals surface area contributed by atoms with Gasteiger partial charge in [0.25, 0.3) is 5.91 Å². The van der Waals surface area contributed by atoms with Gasteiger partial charge in [0.1, 0.15) is 5.82 Å². The number of nitrogens with one attached hydrogen (secondary N) is 3. The summed E-state index contributed by atoms with van der Waals surface area (Å²) in [5.41, 5.74) is 0.252. The third-order valence-corrected chi connectivity index (χ3v) is 4.54. The second-order valence-corrected chi connectivity index (χ2v) is 6.48. The zero-order valence-corrected chi connectivity index (χ0v) is 13.0. The van der Waals surface area contributed by atoms with Crippen molar-refractivity contribution < 1.29 is 9.18 Å². The predicted octanol–water partition coefficient (Wildman–Crippen LogP) is 1.79. The van der Waals surface area contributed by atoms with Crippen molar-refractivity contribution in [2.45, 2.75) is 19.8 Å². The Labute approximate surface area is 133 Å². The van der Waals surface area contributed by atoms with E-state index in [0.717, 1.165) is 25.9 Å². The average Bonchev–Trinajstić information content (AvgIpc) is 2.52. The van der Waals surface area contributed by atoms with Crippen molar-refractivity contribution in [3.8, 4) is 0 Å². The molecule has 2 heterocycles. The van der Waals surface area contributed by atoms with Crippen molar-refractivity contribution in [2.75, 3.05) is 19.6 Å². The van der Waals surface area contributed by atoms with Gasteiger partial charge in [-0.15, -0.1) is 0 Å². The van der Waals surface area contributed by atoms with Crippen molar-refractivity contribution in [3.05, 3.63) is 46.0 Å². The van der Waals surface area contributed by atoms with Gasteiger partial charge in [-0.25, -0.2) is 4.39 Å². The Morgan fingerprint density at radius 1 is 1.30 bits per heavy atom. The fourth-order valence-electron chi connectivity index (χ4n) is 3.02. The van der Waals surface area contributed by atoms with Gasteiger partial charge in [0.05, 0.1) is 11.1 Å². The summed E-state index contributed by atoms with van der Waals surface area (Å²) < 4.78 is 13.3. The largest absolute Gasteiger partial charge is 0.351 e. The first-order valence-electron chi connectivity index (χ1n) is 7.78. The lowest BCUT2D eigenvalue weighted by Gasteiger charge is -2.34. The van der Waals surface area contributed by atoms with Crippen molar-refractivity contribution in [2.24, 2.45) is 5.41 Å². The molecular formula is C17H20FN3O2. The van der Waals surface area contributed by atoms with Crippen LogP contribution in [0.2, 0.25) is 0 Å². The number of aromatic nitrogens is 1. The van der Waals surface area contributed by atoms with Crippen LogP contribution in [-0.2, 0) is 0 Å². The molecule has 0 spiro atoms. The second kappa shape index (κ2) is 6.12. The minimum atomic E-state index is -0.451. The standard InChI is InChI=1S/C17H20FN3O2/c1-17(4-6-19-7-5-17)10-20-16(23)13-9-15(22)21-14-8-11(18)2-3-12(13)14/h2-3,8-9,19H,4-7,10H2,1H3,(H,20,23)(H,21,22). The highest BCUT2D eigenvalue weighted by Gasteiger charge is 2.27. The van der Waals surface area contributed by atoms with Crippen LogP contribution in [0.15, 0.2) is 29.1 Å². The van der Waals surface area contributed by atoms with E-state index in [-0.39, 0.29) is 16.9 Å². The van der Waals surface area contributed by atoms with Gasteiger partial charge in [-0.2, -0.15) is 0 Å². The summed E-state index contributed by atoms with van der Waals surface area (Å²) in [6, 6.07) is 5.29. The Morgan fingerprint density at radius 2 is 2.04 bits per heavy atom. The smallest absolute Gasteiger partial charge is 0.252 e. The van der Waals surface area contributed by atoms with Crippen LogP contribution in [0.5, 0.6) is 0 Å². The molecule has 3 rings (SSSR count). The van der Waals surface area contributed by atoms with E-state index < -0.39 is 11.4 Å². The first kappa shape index (κ1) is 15.7. The van der Waals surface area contributed by atoms with Crippen LogP contribution in [0, 0.1) is 11.2 Å². The van der Waals surface area contributed by atoms with Crippen molar-refractivity contribution >= 4 is 16.8 Å². The average molecular weight is 317 g/mol. The number of piperidine rings is 1. The van der Waals surface area contributed by atoms with Gasteiger partial charge >= 0.3 is 0 Å². The monoisotopic (exact) mass is 317 g/mol. The van der Waals surface area contributed by atoms with Crippen LogP contribution in [0.3, 0.4) is 0 Å². The summed E-state index contributed by atoms with van der Waals surface area (Å²) in [6.45, 7) is 4.60. The molecule has 0 saturated carbocycles. The maximum absolute atomic E-state index is 13.3. The third kappa shape index (κ3) is 3.42. The zero-order chi connectivity index (χ0) is 16.4. The number of carbonyl (C=O) groups excluding carboxylic acids is 1. The number of amides is 1. The second-order valence-electron chi connectivity index (χ2n) is 6.48. The van der Waals surface area contributed by atoms with Crippen LogP contribution in [0.25, 0.3) is 10.9 Å². The minimum absolute atomic E-state index is 0.0595. The number of pyridine rings is 1. The molecule has 1 aliphatic rings. The molecule has 2 aromatic rings. The van der Waals surface area contributed by atoms with Gasteiger partial charge in [0.15, 0.2) is 0 Å². The molecule has 1 saturated heterocycles. The van der Waals surface area contributed by atoms with E-state index in [1.165, 1.54) is 24.3 Å². The topological polar surface area (TPSA) is 74.0 Å². The zero-order valence-electron chi connectivity index (χ0n) is 13.0. The highest BCUT2D eigenvalue weighted by Crippen LogP contribution is 2.27. The summed E-state index contributed by atoms with van der Waals surface area (Å²) in [5, 5.41) is 6.77. The number of carbonyl (C=O) groups is 1. The summed E-state index contributed by atoms with van der Waals surface area (Å²) >= 11 is 0. The summed E-state index contributed by atoms with van der Waals surface area (Å²) in [6.07, 6.45) is 1.99. The summed E-state index contributed by atoms with van der Waals surface area (Å²) in [4.78, 5) is 26.8. The van der Waals surface area contributed by atoms with Crippen molar-refractivity contribution in [1.29, 1.82) is 0 Å². The van der Waals surface area contributed by atoms with Crippen LogP contribution in [-0.4, -0.2) is 30.5 Å². The molecule has 1 amide bonds. The molecule has 6 heteroatoms. The van der Waals surface area contributed by atoms with E-state index in [9.17, 15) is 14.0 Å². The molecule has 0 radical (unpaired) electrons. The first-order valence-corrected chi connectivity index (χ1v) is 7.78. The number of H-pyrrole nitrogens is 1. The van der Waals surface area contributed by atoms with E-state index >= 15 is 0 Å². The molecule has 0 bridgehead atoms. The number of benzene rings is 1. The van der Waals surface area contributed by atoms with Crippen LogP contribution < -0.4 is 16.2 Å². The lowest BCUT2D eigenvalue weighted by molar-refractivity contribution is 0.0923. The van der Waals surface area contributed by atoms with Gasteiger partial charge < -0.3 is 15.6 Å². The number of hydrogen-bond donors (Lipinski definition) is 3. The molecule has 0 aliphatic carbocycles. The van der Waals surface area contributed by atoms with E-state index in [0.29, 0.717) is 17.4 Å². The molecule has 1 aromatic carbocycles. The molecule has 0 atom stereocenters. The molecule has 5 nitrogen and oxygen atoms in total. The van der Waals surface area contributed by atoms with Crippen LogP contribution >= 0.6 is 0 Å². The summed E-state index contributed by atoms with van der Waals surface area (Å²) in [5.74, 6) is -0.750. The number of fused-ring (bicyclic) bond motifs is 1. The van der Waals surface area contributed by atoms with Gasteiger partial charge in [0, 0.05) is 18.0 Å². The molecule has 3 N–H and O–H groups in total. The highest BCUT2D eigenvalue weighted by atomic mass is 19.1. The first-order chi connectivity index (χ1) is 11.0. The lowest BCUT2D eigenvalue weighted by Crippen LogP contribution is -2.43. The SMILES string of the molecule is CC1(CNC(=O)c2cc(=O)[nH]c3cc(F)ccc23)CCNCC1. The fraction of sp³-hybridized carbons (Fsp3) is 0.412. The van der Waals surface area contributed by atoms with Gasteiger partial charge in [-0.3, -0.25) is 9.59 Å². The summed E-state index contributed by atoms with van der Waals surface area (Å²) in [7, 11) is 0. The normalized spacial score (nSPS) is 17.1. The molecular weight excluding hydrogens is 297 g/mol. The Hall–Kier alpha value is -2.21. The van der Waals surface area contributed by atoms with E-state index in [1.54, 1.807) is 0 Å². The Bertz CT molecular complexity index is 794. The Morgan fingerprint density at radius 3 is 2.78 bits per heavy atom. The minimum Gasteiger partial charge on any atom is -0.351 e. The molecule has 1 fully saturated rings. The van der Waals surface area contributed by atoms with Crippen LogP contribution in [0.4, 0.5) is 4.39 Å². The number of hydrogen-bond acceptors (Lipinski definition) is 3. The molecule has 23 heavy (non-hydrogen) atoms. The van der Waals surface area contributed by atoms with E-state index in [2.05, 4.69) is 22.5 Å². The van der Waals surface area contributed by atoms with E-state index in [1.807, 2.05) is 0 Å². The predicted molar refractivity (Wildman–Crippen MR) is 87.1 cm³/mol. The number of aromatic amines is 1. The number of halogens is 1.